The van der Waals surface area contributed by atoms with Crippen LogP contribution in [0.5, 0.6) is 0 Å². The third kappa shape index (κ3) is 4.40. The summed E-state index contributed by atoms with van der Waals surface area (Å²) in [5, 5.41) is 4.93. The summed E-state index contributed by atoms with van der Waals surface area (Å²) in [4.78, 5) is 23.4. The topological polar surface area (TPSA) is 128 Å². The van der Waals surface area contributed by atoms with Crippen molar-refractivity contribution in [1.82, 2.24) is 41.4 Å². The van der Waals surface area contributed by atoms with Crippen LogP contribution in [-0.2, 0) is 4.79 Å². The highest BCUT2D eigenvalue weighted by Gasteiger charge is 2.42. The van der Waals surface area contributed by atoms with Gasteiger partial charge in [-0.1, -0.05) is 12.8 Å². The lowest BCUT2D eigenvalue weighted by molar-refractivity contribution is -0.143. The first-order valence-electron chi connectivity index (χ1n) is 13.3. The van der Waals surface area contributed by atoms with Crippen molar-refractivity contribution in [3.05, 3.63) is 23.5 Å². The first-order valence-corrected chi connectivity index (χ1v) is 13.3. The molecule has 190 valence electrons. The number of piperidine rings is 1. The van der Waals surface area contributed by atoms with Crippen molar-refractivity contribution in [3.8, 4) is 0 Å². The van der Waals surface area contributed by atoms with Crippen molar-refractivity contribution < 1.29 is 4.79 Å². The molecule has 0 bridgehead atoms. The number of hydrazine groups is 3. The highest BCUT2D eigenvalue weighted by atomic mass is 16.2. The number of hydrogen-bond donors (Lipinski definition) is 5. The van der Waals surface area contributed by atoms with Crippen molar-refractivity contribution in [2.75, 3.05) is 24.5 Å². The summed E-state index contributed by atoms with van der Waals surface area (Å²) in [6, 6.07) is 2.30. The fourth-order valence-electron chi connectivity index (χ4n) is 6.54. The summed E-state index contributed by atoms with van der Waals surface area (Å²) >= 11 is 0. The van der Waals surface area contributed by atoms with Crippen molar-refractivity contribution in [2.45, 2.75) is 76.5 Å². The number of aromatic nitrogens is 3. The number of likely N-dealkylation sites (tertiary alicyclic amines) is 1. The predicted molar refractivity (Wildman–Crippen MR) is 133 cm³/mol. The van der Waals surface area contributed by atoms with Crippen LogP contribution >= 0.6 is 0 Å². The van der Waals surface area contributed by atoms with Crippen LogP contribution in [0.15, 0.2) is 12.3 Å². The molecule has 4 atom stereocenters. The van der Waals surface area contributed by atoms with E-state index < -0.39 is 0 Å². The van der Waals surface area contributed by atoms with Gasteiger partial charge in [0.05, 0.1) is 17.9 Å². The Labute approximate surface area is 206 Å². The van der Waals surface area contributed by atoms with Crippen LogP contribution in [0.25, 0.3) is 5.65 Å². The van der Waals surface area contributed by atoms with Crippen molar-refractivity contribution >= 4 is 17.4 Å². The zero-order valence-electron chi connectivity index (χ0n) is 20.5. The summed E-state index contributed by atoms with van der Waals surface area (Å²) in [6.07, 6.45) is 10.5. The summed E-state index contributed by atoms with van der Waals surface area (Å²) in [5.41, 5.74) is 21.3. The van der Waals surface area contributed by atoms with Gasteiger partial charge in [0, 0.05) is 55.3 Å². The molecule has 2 unspecified atom stereocenters. The summed E-state index contributed by atoms with van der Waals surface area (Å²) < 4.78 is 1.88. The minimum Gasteiger partial charge on any atom is -0.355 e. The largest absolute Gasteiger partial charge is 0.355 e. The highest BCUT2D eigenvalue weighted by molar-refractivity contribution is 5.80. The number of carbonyl (C=O) groups is 1. The van der Waals surface area contributed by atoms with Crippen LogP contribution in [-0.4, -0.2) is 57.2 Å². The van der Waals surface area contributed by atoms with Gasteiger partial charge in [-0.15, -0.1) is 0 Å². The van der Waals surface area contributed by atoms with Gasteiger partial charge in [0.15, 0.2) is 5.65 Å². The summed E-state index contributed by atoms with van der Waals surface area (Å²) in [7, 11) is 0. The maximum atomic E-state index is 14.0. The SMILES string of the molecule is Cc1cn2nc([C@@H]3CCCCN3C(=O)C3CCCCC3C3NNNN3)cc2nc1N1CC[C@H](N)C1. The van der Waals surface area contributed by atoms with Crippen LogP contribution in [0.1, 0.15) is 68.7 Å². The first-order chi connectivity index (χ1) is 17.1. The molecule has 0 radical (unpaired) electrons. The number of nitrogens with two attached hydrogens (primary N) is 1. The highest BCUT2D eigenvalue weighted by Crippen LogP contribution is 2.38. The first kappa shape index (κ1) is 23.1. The average molecular weight is 483 g/mol. The van der Waals surface area contributed by atoms with Crippen LogP contribution in [0.2, 0.25) is 0 Å². The molecule has 11 nitrogen and oxygen atoms in total. The molecule has 1 saturated carbocycles. The fourth-order valence-corrected chi connectivity index (χ4v) is 6.54. The Kier molecular flexibility index (Phi) is 6.35. The molecule has 3 saturated heterocycles. The summed E-state index contributed by atoms with van der Waals surface area (Å²) in [6.45, 7) is 4.66. The Morgan fingerprint density at radius 2 is 1.86 bits per heavy atom. The Morgan fingerprint density at radius 3 is 2.66 bits per heavy atom. The van der Waals surface area contributed by atoms with E-state index in [0.29, 0.717) is 0 Å². The normalized spacial score (nSPS) is 30.5. The lowest BCUT2D eigenvalue weighted by Gasteiger charge is -2.41. The monoisotopic (exact) mass is 482 g/mol. The third-order valence-corrected chi connectivity index (χ3v) is 8.36. The van der Waals surface area contributed by atoms with Gasteiger partial charge in [0.25, 0.3) is 0 Å². The van der Waals surface area contributed by atoms with E-state index in [2.05, 4.69) is 50.9 Å². The molecule has 35 heavy (non-hydrogen) atoms. The number of amides is 1. The smallest absolute Gasteiger partial charge is 0.226 e. The molecule has 2 aromatic rings. The van der Waals surface area contributed by atoms with Crippen molar-refractivity contribution in [1.29, 1.82) is 0 Å². The number of anilines is 1. The zero-order chi connectivity index (χ0) is 23.9. The molecule has 4 aliphatic rings. The number of nitrogens with zero attached hydrogens (tertiary/aromatic N) is 5. The van der Waals surface area contributed by atoms with Crippen LogP contribution in [0.3, 0.4) is 0 Å². The number of carbonyl (C=O) groups excluding carboxylic acids is 1. The van der Waals surface area contributed by atoms with E-state index in [1.165, 1.54) is 6.42 Å². The van der Waals surface area contributed by atoms with Crippen LogP contribution < -0.4 is 32.6 Å². The standard InChI is InChI=1S/C24H38N10O/c1-15-13-34-21(26-23(15)32-11-9-16(25)14-32)12-19(29-34)20-8-4-5-10-33(20)24(35)18-7-3-2-6-17(18)22-27-30-31-28-22/h12-13,16-18,20,22,27-28,30-31H,2-11,14,25H2,1H3/t16-,17?,18?,20-/m0/s1. The molecule has 4 fully saturated rings. The van der Waals surface area contributed by atoms with Gasteiger partial charge in [-0.25, -0.2) is 20.4 Å². The van der Waals surface area contributed by atoms with Gasteiger partial charge < -0.3 is 15.5 Å². The van der Waals surface area contributed by atoms with Crippen LogP contribution in [0.4, 0.5) is 5.82 Å². The Bertz CT molecular complexity index is 1070. The second kappa shape index (κ2) is 9.62. The minimum absolute atomic E-state index is 0.00485. The van der Waals surface area contributed by atoms with E-state index >= 15 is 0 Å². The summed E-state index contributed by atoms with van der Waals surface area (Å²) in [5.74, 6) is 1.54. The number of fused-ring (bicyclic) bond motifs is 1. The number of hydrogen-bond acceptors (Lipinski definition) is 9. The maximum Gasteiger partial charge on any atom is 0.226 e. The van der Waals surface area contributed by atoms with Gasteiger partial charge in [0.1, 0.15) is 5.82 Å². The molecule has 3 aliphatic heterocycles. The predicted octanol–water partition coefficient (Wildman–Crippen LogP) is 0.878. The molecule has 0 aromatic carbocycles. The fraction of sp³-hybridized carbons (Fsp3) is 0.708. The lowest BCUT2D eigenvalue weighted by atomic mass is 9.76. The van der Waals surface area contributed by atoms with Gasteiger partial charge in [-0.3, -0.25) is 4.79 Å². The van der Waals surface area contributed by atoms with E-state index in [-0.39, 0.29) is 36.0 Å². The molecule has 6 rings (SSSR count). The molecular formula is C24H38N10O. The van der Waals surface area contributed by atoms with E-state index in [1.807, 2.05) is 4.52 Å². The number of nitrogens with one attached hydrogen (secondary N) is 4. The van der Waals surface area contributed by atoms with Gasteiger partial charge in [-0.2, -0.15) is 16.2 Å². The van der Waals surface area contributed by atoms with Crippen LogP contribution in [0, 0.1) is 18.8 Å². The molecular weight excluding hydrogens is 444 g/mol. The van der Waals surface area contributed by atoms with Gasteiger partial charge >= 0.3 is 0 Å². The van der Waals surface area contributed by atoms with E-state index in [4.69, 9.17) is 15.8 Å². The van der Waals surface area contributed by atoms with Gasteiger partial charge in [0.2, 0.25) is 5.91 Å². The molecule has 11 heteroatoms. The van der Waals surface area contributed by atoms with Gasteiger partial charge in [-0.05, 0) is 45.4 Å². The molecule has 2 aromatic heterocycles. The number of rotatable bonds is 4. The lowest BCUT2D eigenvalue weighted by Crippen LogP contribution is -2.51. The number of aryl methyl sites for hydroxylation is 1. The third-order valence-electron chi connectivity index (χ3n) is 8.36. The quantitative estimate of drug-likeness (QED) is 0.431. The Balaban J connectivity index is 1.27. The molecule has 0 spiro atoms. The molecule has 5 heterocycles. The second-order valence-corrected chi connectivity index (χ2v) is 10.7. The van der Waals surface area contributed by atoms with E-state index in [1.54, 1.807) is 0 Å². The zero-order valence-corrected chi connectivity index (χ0v) is 20.5. The van der Waals surface area contributed by atoms with Crippen molar-refractivity contribution in [3.63, 3.8) is 0 Å². The Hall–Kier alpha value is -2.31. The average Bonchev–Trinajstić information content (AvgIpc) is 3.64. The Morgan fingerprint density at radius 1 is 1.06 bits per heavy atom. The van der Waals surface area contributed by atoms with E-state index in [0.717, 1.165) is 87.3 Å². The molecule has 1 aliphatic carbocycles. The second-order valence-electron chi connectivity index (χ2n) is 10.7. The minimum atomic E-state index is 0.00485. The van der Waals surface area contributed by atoms with Crippen molar-refractivity contribution in [2.24, 2.45) is 17.6 Å². The molecule has 1 amide bonds. The molecule has 6 N–H and O–H groups in total. The van der Waals surface area contributed by atoms with E-state index in [9.17, 15) is 4.79 Å². The maximum absolute atomic E-state index is 14.0.